The second-order valence-electron chi connectivity index (χ2n) is 17.0. The third-order valence-corrected chi connectivity index (χ3v) is 9.94. The first kappa shape index (κ1) is 57.7. The predicted molar refractivity (Wildman–Crippen MR) is 251 cm³/mol. The van der Waals surface area contributed by atoms with Gasteiger partial charge in [0, 0.05) is 12.8 Å². The monoisotopic (exact) mass is 856 g/mol. The first-order valence-corrected chi connectivity index (χ1v) is 24.1. The van der Waals surface area contributed by atoms with Crippen LogP contribution in [-0.2, 0) is 33.3 Å². The number of nitrogens with zero attached hydrogens (tertiary/aromatic N) is 1. The SMILES string of the molecule is CC/C=C\C/C=C\C/C=C\C/C=C\CCCCCCC(=O)OC(COC(=O)CCCCCCCCCCC/C=C\C/C=C\CCCCC)COC(OCC[N+](C)(C)C)C(=O)[O-]. The van der Waals surface area contributed by atoms with Crippen molar-refractivity contribution >= 4 is 17.9 Å². The number of aliphatic carboxylic acids is 1. The lowest BCUT2D eigenvalue weighted by Crippen LogP contribution is -2.44. The van der Waals surface area contributed by atoms with Crippen molar-refractivity contribution in [2.24, 2.45) is 0 Å². The molecule has 2 atom stereocenters. The number of carbonyl (C=O) groups is 3. The zero-order valence-corrected chi connectivity index (χ0v) is 39.5. The van der Waals surface area contributed by atoms with Crippen LogP contribution >= 0.6 is 0 Å². The van der Waals surface area contributed by atoms with E-state index in [0.29, 0.717) is 17.4 Å². The van der Waals surface area contributed by atoms with Gasteiger partial charge in [-0.15, -0.1) is 0 Å². The highest BCUT2D eigenvalue weighted by Gasteiger charge is 2.21. The summed E-state index contributed by atoms with van der Waals surface area (Å²) in [5.41, 5.74) is 0. The molecule has 61 heavy (non-hydrogen) atoms. The molecule has 0 rings (SSSR count). The standard InChI is InChI=1S/C52H89NO8/c1-6-8-10-12-14-16-18-20-22-24-25-27-28-30-32-34-36-38-40-42-49(54)59-46-48(47-60-52(51(56)57)58-45-44-53(3,4)5)61-50(55)43-41-39-37-35-33-31-29-26-23-21-19-17-15-13-11-9-7-2/h9,11,14-17,20-23,29,31,48,52H,6-8,10,12-13,18-19,24-28,30,32-47H2,1-5H3/b11-9-,16-14-,17-15-,22-20-,23-21-,31-29-. The van der Waals surface area contributed by atoms with Crippen LogP contribution in [0, 0.1) is 0 Å². The van der Waals surface area contributed by atoms with Gasteiger partial charge >= 0.3 is 11.9 Å². The van der Waals surface area contributed by atoms with Gasteiger partial charge in [0.15, 0.2) is 12.4 Å². The van der Waals surface area contributed by atoms with Crippen LogP contribution in [0.25, 0.3) is 0 Å². The van der Waals surface area contributed by atoms with Crippen molar-refractivity contribution in [2.45, 2.75) is 193 Å². The molecular weight excluding hydrogens is 767 g/mol. The van der Waals surface area contributed by atoms with E-state index < -0.39 is 24.3 Å². The molecule has 0 amide bonds. The van der Waals surface area contributed by atoms with Crippen LogP contribution in [0.15, 0.2) is 72.9 Å². The summed E-state index contributed by atoms with van der Waals surface area (Å²) < 4.78 is 22.6. The number of carboxylic acids is 1. The zero-order chi connectivity index (χ0) is 44.9. The molecule has 0 aliphatic heterocycles. The molecule has 0 bridgehead atoms. The lowest BCUT2D eigenvalue weighted by Gasteiger charge is -2.26. The molecule has 0 aliphatic rings. The molecule has 0 aromatic heterocycles. The Morgan fingerprint density at radius 2 is 0.934 bits per heavy atom. The maximum Gasteiger partial charge on any atom is 0.306 e. The van der Waals surface area contributed by atoms with Crippen LogP contribution in [-0.4, -0.2) is 82.3 Å². The Bertz CT molecular complexity index is 1230. The second kappa shape index (κ2) is 43.4. The Morgan fingerprint density at radius 1 is 0.508 bits per heavy atom. The lowest BCUT2D eigenvalue weighted by atomic mass is 10.1. The molecule has 0 aliphatic carbocycles. The van der Waals surface area contributed by atoms with Crippen LogP contribution in [0.4, 0.5) is 0 Å². The minimum atomic E-state index is -1.63. The van der Waals surface area contributed by atoms with E-state index >= 15 is 0 Å². The fraction of sp³-hybridized carbons (Fsp3) is 0.712. The number of carboxylic acid groups (broad SMARTS) is 1. The molecule has 0 saturated carbocycles. The number of quaternary nitrogens is 1. The highest BCUT2D eigenvalue weighted by molar-refractivity contribution is 5.70. The fourth-order valence-electron chi connectivity index (χ4n) is 6.20. The van der Waals surface area contributed by atoms with E-state index in [0.717, 1.165) is 89.9 Å². The topological polar surface area (TPSA) is 111 Å². The average molecular weight is 856 g/mol. The number of ether oxygens (including phenoxy) is 4. The Hall–Kier alpha value is -3.27. The molecule has 0 saturated heterocycles. The summed E-state index contributed by atoms with van der Waals surface area (Å²) in [6, 6.07) is 0. The van der Waals surface area contributed by atoms with Gasteiger partial charge in [-0.2, -0.15) is 0 Å². The van der Waals surface area contributed by atoms with E-state index in [-0.39, 0.29) is 38.6 Å². The van der Waals surface area contributed by atoms with Gasteiger partial charge in [-0.25, -0.2) is 0 Å². The fourth-order valence-corrected chi connectivity index (χ4v) is 6.20. The summed E-state index contributed by atoms with van der Waals surface area (Å²) in [7, 11) is 5.89. The minimum absolute atomic E-state index is 0.138. The third kappa shape index (κ3) is 44.6. The molecule has 0 aromatic rings. The number of unbranched alkanes of at least 4 members (excludes halogenated alkanes) is 16. The van der Waals surface area contributed by atoms with Crippen molar-refractivity contribution in [3.05, 3.63) is 72.9 Å². The van der Waals surface area contributed by atoms with Gasteiger partial charge in [0.05, 0.1) is 40.3 Å². The van der Waals surface area contributed by atoms with Gasteiger partial charge in [-0.1, -0.05) is 157 Å². The highest BCUT2D eigenvalue weighted by Crippen LogP contribution is 2.13. The summed E-state index contributed by atoms with van der Waals surface area (Å²) in [5, 5.41) is 11.7. The van der Waals surface area contributed by atoms with Crippen molar-refractivity contribution in [3.63, 3.8) is 0 Å². The Labute approximate surface area is 373 Å². The molecule has 9 heteroatoms. The Kier molecular flexibility index (Phi) is 41.1. The molecule has 0 N–H and O–H groups in total. The maximum absolute atomic E-state index is 12.8. The first-order valence-electron chi connectivity index (χ1n) is 24.1. The smallest absolute Gasteiger partial charge is 0.306 e. The van der Waals surface area contributed by atoms with Crippen molar-refractivity contribution in [2.75, 3.05) is 47.5 Å². The van der Waals surface area contributed by atoms with Gasteiger partial charge < -0.3 is 33.3 Å². The summed E-state index contributed by atoms with van der Waals surface area (Å²) in [6.45, 7) is 4.56. The first-order chi connectivity index (χ1) is 29.6. The molecule has 2 unspecified atom stereocenters. The van der Waals surface area contributed by atoms with Crippen molar-refractivity contribution < 1.29 is 42.9 Å². The van der Waals surface area contributed by atoms with Gasteiger partial charge in [0.2, 0.25) is 0 Å². The summed E-state index contributed by atoms with van der Waals surface area (Å²) in [6.07, 6.45) is 50.7. The average Bonchev–Trinajstić information content (AvgIpc) is 3.22. The molecule has 9 nitrogen and oxygen atoms in total. The van der Waals surface area contributed by atoms with E-state index in [1.165, 1.54) is 57.8 Å². The third-order valence-electron chi connectivity index (χ3n) is 9.94. The zero-order valence-electron chi connectivity index (χ0n) is 39.5. The number of hydrogen-bond donors (Lipinski definition) is 0. The summed E-state index contributed by atoms with van der Waals surface area (Å²) in [5.74, 6) is -2.33. The van der Waals surface area contributed by atoms with Gasteiger partial charge in [-0.05, 0) is 83.5 Å². The number of allylic oxidation sites excluding steroid dienone is 12. The molecule has 0 heterocycles. The minimum Gasteiger partial charge on any atom is -0.545 e. The quantitative estimate of drug-likeness (QED) is 0.0196. The normalized spacial score (nSPS) is 13.5. The Balaban J connectivity index is 4.44. The van der Waals surface area contributed by atoms with E-state index in [2.05, 4.69) is 86.8 Å². The van der Waals surface area contributed by atoms with Crippen LogP contribution in [0.5, 0.6) is 0 Å². The van der Waals surface area contributed by atoms with E-state index in [1.807, 2.05) is 21.1 Å². The molecule has 350 valence electrons. The van der Waals surface area contributed by atoms with Gasteiger partial charge in [0.25, 0.3) is 0 Å². The highest BCUT2D eigenvalue weighted by atomic mass is 16.7. The molecule has 0 aromatic carbocycles. The van der Waals surface area contributed by atoms with E-state index in [1.54, 1.807) is 0 Å². The van der Waals surface area contributed by atoms with E-state index in [4.69, 9.17) is 18.9 Å². The molecule has 0 spiro atoms. The van der Waals surface area contributed by atoms with Gasteiger partial charge in [-0.3, -0.25) is 9.59 Å². The summed E-state index contributed by atoms with van der Waals surface area (Å²) >= 11 is 0. The van der Waals surface area contributed by atoms with E-state index in [9.17, 15) is 19.5 Å². The molecular formula is C52H89NO8. The number of esters is 2. The summed E-state index contributed by atoms with van der Waals surface area (Å²) in [4.78, 5) is 37.1. The number of rotatable bonds is 43. The Morgan fingerprint density at radius 3 is 1.39 bits per heavy atom. The largest absolute Gasteiger partial charge is 0.545 e. The second-order valence-corrected chi connectivity index (χ2v) is 17.0. The van der Waals surface area contributed by atoms with Crippen molar-refractivity contribution in [1.29, 1.82) is 0 Å². The number of likely N-dealkylation sites (N-methyl/N-ethyl adjacent to an activating group) is 1. The number of hydrogen-bond acceptors (Lipinski definition) is 8. The molecule has 0 radical (unpaired) electrons. The van der Waals surface area contributed by atoms with Crippen LogP contribution in [0.2, 0.25) is 0 Å². The van der Waals surface area contributed by atoms with Gasteiger partial charge in [0.1, 0.15) is 13.2 Å². The van der Waals surface area contributed by atoms with Crippen LogP contribution in [0.1, 0.15) is 181 Å². The lowest BCUT2D eigenvalue weighted by molar-refractivity contribution is -0.870. The molecule has 0 fully saturated rings. The van der Waals surface area contributed by atoms with Crippen LogP contribution < -0.4 is 5.11 Å². The van der Waals surface area contributed by atoms with Crippen molar-refractivity contribution in [1.82, 2.24) is 0 Å². The predicted octanol–water partition coefficient (Wildman–Crippen LogP) is 11.8. The number of carbonyl (C=O) groups excluding carboxylic acids is 3. The maximum atomic E-state index is 12.8. The van der Waals surface area contributed by atoms with Crippen LogP contribution in [0.3, 0.4) is 0 Å². The van der Waals surface area contributed by atoms with Crippen molar-refractivity contribution in [3.8, 4) is 0 Å².